The molecule has 1 aromatic carbocycles. The van der Waals surface area contributed by atoms with Gasteiger partial charge in [0.15, 0.2) is 5.82 Å². The monoisotopic (exact) mass is 475 g/mol. The number of fused-ring (bicyclic) bond motifs is 1. The van der Waals surface area contributed by atoms with Crippen molar-refractivity contribution in [2.45, 2.75) is 59.3 Å². The van der Waals surface area contributed by atoms with Crippen molar-refractivity contribution in [1.29, 1.82) is 0 Å². The van der Waals surface area contributed by atoms with E-state index < -0.39 is 40.6 Å². The summed E-state index contributed by atoms with van der Waals surface area (Å²) in [5.74, 6) is -2.00. The Morgan fingerprint density at radius 3 is 2.15 bits per heavy atom. The number of aromatic nitrogens is 4. The van der Waals surface area contributed by atoms with Gasteiger partial charge >= 0.3 is 12.2 Å². The zero-order valence-electron chi connectivity index (χ0n) is 20.1. The minimum Gasteiger partial charge on any atom is -0.444 e. The Bertz CT molecular complexity index is 1220. The Morgan fingerprint density at radius 1 is 1.00 bits per heavy atom. The van der Waals surface area contributed by atoms with E-state index in [1.165, 1.54) is 24.3 Å². The normalized spacial score (nSPS) is 12.0. The number of carbonyl (C=O) groups excluding carboxylic acids is 2. The summed E-state index contributed by atoms with van der Waals surface area (Å²) in [6, 6.07) is 2.22. The number of amides is 1. The van der Waals surface area contributed by atoms with E-state index in [2.05, 4.69) is 15.1 Å². The van der Waals surface area contributed by atoms with Gasteiger partial charge in [0.25, 0.3) is 0 Å². The van der Waals surface area contributed by atoms with Crippen LogP contribution in [-0.4, -0.2) is 55.1 Å². The molecule has 9 nitrogen and oxygen atoms in total. The lowest BCUT2D eigenvalue weighted by Crippen LogP contribution is -2.33. The second-order valence-corrected chi connectivity index (χ2v) is 9.77. The highest BCUT2D eigenvalue weighted by molar-refractivity contribution is 5.85. The van der Waals surface area contributed by atoms with Gasteiger partial charge in [-0.05, 0) is 59.2 Å². The Labute approximate surface area is 195 Å². The fraction of sp³-hybridized carbons (Fsp3) is 0.435. The molecular formula is C23H27F2N5O4. The molecule has 0 saturated heterocycles. The summed E-state index contributed by atoms with van der Waals surface area (Å²) >= 11 is 0. The summed E-state index contributed by atoms with van der Waals surface area (Å²) in [6.07, 6.45) is 1.19. The minimum atomic E-state index is -0.897. The molecule has 11 heteroatoms. The van der Waals surface area contributed by atoms with E-state index in [4.69, 9.17) is 9.47 Å². The molecule has 3 rings (SSSR count). The van der Waals surface area contributed by atoms with Gasteiger partial charge in [-0.3, -0.25) is 0 Å². The molecule has 0 aliphatic rings. The van der Waals surface area contributed by atoms with E-state index in [1.54, 1.807) is 41.5 Å². The number of rotatable bonds is 3. The molecule has 2 aromatic heterocycles. The summed E-state index contributed by atoms with van der Waals surface area (Å²) in [6.45, 7) is 10.2. The Balaban J connectivity index is 1.87. The van der Waals surface area contributed by atoms with Crippen LogP contribution >= 0.6 is 0 Å². The second-order valence-electron chi connectivity index (χ2n) is 9.77. The van der Waals surface area contributed by atoms with Crippen molar-refractivity contribution in [3.05, 3.63) is 41.7 Å². The zero-order chi connectivity index (χ0) is 25.4. The number of carbonyl (C=O) groups is 2. The van der Waals surface area contributed by atoms with Crippen LogP contribution in [0.4, 0.5) is 18.4 Å². The van der Waals surface area contributed by atoms with Gasteiger partial charge in [0.1, 0.15) is 33.9 Å². The third kappa shape index (κ3) is 5.83. The maximum absolute atomic E-state index is 14.9. The van der Waals surface area contributed by atoms with Crippen LogP contribution in [0.5, 0.6) is 0 Å². The molecule has 0 bridgehead atoms. The van der Waals surface area contributed by atoms with Gasteiger partial charge in [-0.15, -0.1) is 0 Å². The molecule has 0 fully saturated rings. The van der Waals surface area contributed by atoms with Crippen molar-refractivity contribution >= 4 is 23.2 Å². The molecule has 0 radical (unpaired) electrons. The first-order valence-electron chi connectivity index (χ1n) is 10.5. The van der Waals surface area contributed by atoms with Gasteiger partial charge in [0, 0.05) is 13.6 Å². The highest BCUT2D eigenvalue weighted by atomic mass is 19.1. The molecule has 0 atom stereocenters. The molecule has 0 spiro atoms. The van der Waals surface area contributed by atoms with E-state index in [1.807, 2.05) is 0 Å². The molecule has 0 saturated carbocycles. The number of halogens is 2. The lowest BCUT2D eigenvalue weighted by molar-refractivity contribution is 0.0284. The quantitative estimate of drug-likeness (QED) is 0.530. The zero-order valence-corrected chi connectivity index (χ0v) is 20.1. The minimum absolute atomic E-state index is 0.0639. The van der Waals surface area contributed by atoms with Crippen LogP contribution in [0.1, 0.15) is 47.1 Å². The SMILES string of the molecule is CN(Cc1cc(F)c(-c2ncc3c(cnn3C(=O)OC(C)(C)C)n2)c(F)c1)C(=O)OC(C)(C)C. The summed E-state index contributed by atoms with van der Waals surface area (Å²) in [5.41, 5.74) is -1.19. The Hall–Kier alpha value is -3.63. The largest absolute Gasteiger partial charge is 0.444 e. The van der Waals surface area contributed by atoms with E-state index in [9.17, 15) is 18.4 Å². The Morgan fingerprint density at radius 2 is 1.59 bits per heavy atom. The van der Waals surface area contributed by atoms with Crippen molar-refractivity contribution in [2.75, 3.05) is 7.05 Å². The van der Waals surface area contributed by atoms with E-state index in [0.29, 0.717) is 0 Å². The van der Waals surface area contributed by atoms with E-state index in [0.717, 1.165) is 16.8 Å². The third-order valence-corrected chi connectivity index (χ3v) is 4.34. The van der Waals surface area contributed by atoms with Gasteiger partial charge in [-0.1, -0.05) is 0 Å². The number of nitrogens with zero attached hydrogens (tertiary/aromatic N) is 5. The molecule has 182 valence electrons. The summed E-state index contributed by atoms with van der Waals surface area (Å²) in [4.78, 5) is 33.8. The molecule has 0 aliphatic carbocycles. The highest BCUT2D eigenvalue weighted by Crippen LogP contribution is 2.27. The average molecular weight is 475 g/mol. The molecule has 0 unspecified atom stereocenters. The first kappa shape index (κ1) is 25.0. The van der Waals surface area contributed by atoms with Gasteiger partial charge in [0.2, 0.25) is 0 Å². The first-order chi connectivity index (χ1) is 15.6. The van der Waals surface area contributed by atoms with Crippen molar-refractivity contribution in [3.8, 4) is 11.4 Å². The predicted octanol–water partition coefficient (Wildman–Crippen LogP) is 4.92. The molecule has 3 aromatic rings. The molecule has 2 heterocycles. The number of ether oxygens (including phenoxy) is 2. The topological polar surface area (TPSA) is 99.4 Å². The standard InChI is InChI=1S/C23H27F2N5O4/c1-22(2,3)33-20(31)29(7)12-13-8-14(24)18(15(25)9-13)19-26-11-17-16(28-19)10-27-30(17)21(32)34-23(4,5)6/h8-11H,12H2,1-7H3. The van der Waals surface area contributed by atoms with Gasteiger partial charge in [0.05, 0.1) is 18.0 Å². The van der Waals surface area contributed by atoms with Crippen LogP contribution < -0.4 is 0 Å². The van der Waals surface area contributed by atoms with Gasteiger partial charge < -0.3 is 14.4 Å². The molecule has 1 amide bonds. The number of hydrogen-bond donors (Lipinski definition) is 0. The maximum Gasteiger partial charge on any atom is 0.435 e. The second kappa shape index (κ2) is 8.96. The van der Waals surface area contributed by atoms with Crippen LogP contribution in [0, 0.1) is 11.6 Å². The lowest BCUT2D eigenvalue weighted by Gasteiger charge is -2.24. The summed E-state index contributed by atoms with van der Waals surface area (Å²) in [7, 11) is 1.47. The smallest absolute Gasteiger partial charge is 0.435 e. The van der Waals surface area contributed by atoms with Crippen LogP contribution in [-0.2, 0) is 16.0 Å². The summed E-state index contributed by atoms with van der Waals surface area (Å²) < 4.78 is 41.3. The molecule has 0 N–H and O–H groups in total. The first-order valence-corrected chi connectivity index (χ1v) is 10.5. The van der Waals surface area contributed by atoms with Gasteiger partial charge in [-0.2, -0.15) is 9.78 Å². The summed E-state index contributed by atoms with van der Waals surface area (Å²) in [5, 5.41) is 3.95. The van der Waals surface area contributed by atoms with Gasteiger partial charge in [-0.25, -0.2) is 28.3 Å². The van der Waals surface area contributed by atoms with E-state index >= 15 is 0 Å². The van der Waals surface area contributed by atoms with E-state index in [-0.39, 0.29) is 29.0 Å². The highest BCUT2D eigenvalue weighted by Gasteiger charge is 2.24. The van der Waals surface area contributed by atoms with Crippen molar-refractivity contribution < 1.29 is 27.8 Å². The van der Waals surface area contributed by atoms with Crippen molar-refractivity contribution in [2.24, 2.45) is 0 Å². The lowest BCUT2D eigenvalue weighted by atomic mass is 10.1. The average Bonchev–Trinajstić information content (AvgIpc) is 3.08. The fourth-order valence-electron chi connectivity index (χ4n) is 3.00. The third-order valence-electron chi connectivity index (χ3n) is 4.34. The van der Waals surface area contributed by atoms with Crippen LogP contribution in [0.25, 0.3) is 22.4 Å². The predicted molar refractivity (Wildman–Crippen MR) is 120 cm³/mol. The van der Waals surface area contributed by atoms with Crippen LogP contribution in [0.2, 0.25) is 0 Å². The maximum atomic E-state index is 14.9. The fourth-order valence-corrected chi connectivity index (χ4v) is 3.00. The van der Waals surface area contributed by atoms with Crippen molar-refractivity contribution in [3.63, 3.8) is 0 Å². The van der Waals surface area contributed by atoms with Crippen LogP contribution in [0.15, 0.2) is 24.5 Å². The number of benzene rings is 1. The molecule has 34 heavy (non-hydrogen) atoms. The van der Waals surface area contributed by atoms with Crippen LogP contribution in [0.3, 0.4) is 0 Å². The molecule has 0 aliphatic heterocycles. The van der Waals surface area contributed by atoms with Crippen molar-refractivity contribution in [1.82, 2.24) is 24.6 Å². The Kier molecular flexibility index (Phi) is 6.59. The number of hydrogen-bond acceptors (Lipinski definition) is 7. The molecular weight excluding hydrogens is 448 g/mol.